The molecule has 3 aromatic carbocycles. The third kappa shape index (κ3) is 7.72. The maximum absolute atomic E-state index is 13.8. The molecule has 0 spiro atoms. The summed E-state index contributed by atoms with van der Waals surface area (Å²) < 4.78 is 32.7. The summed E-state index contributed by atoms with van der Waals surface area (Å²) in [5.41, 5.74) is 0.726. The summed E-state index contributed by atoms with van der Waals surface area (Å²) in [6.07, 6.45) is 0.459. The Balaban J connectivity index is 1.63. The minimum atomic E-state index is -1.31. The van der Waals surface area contributed by atoms with E-state index in [9.17, 15) is 33.4 Å². The maximum Gasteiger partial charge on any atom is 0.339 e. The number of methoxy groups -OCH3 is 1. The lowest BCUT2D eigenvalue weighted by Crippen LogP contribution is -2.48. The minimum Gasteiger partial charge on any atom is -0.507 e. The number of carboxylic acids is 1. The van der Waals surface area contributed by atoms with Crippen LogP contribution in [0.25, 0.3) is 0 Å². The summed E-state index contributed by atoms with van der Waals surface area (Å²) in [5.74, 6) is -4.66. The molecule has 1 heterocycles. The smallest absolute Gasteiger partial charge is 0.339 e. The van der Waals surface area contributed by atoms with E-state index in [0.29, 0.717) is 34.4 Å². The summed E-state index contributed by atoms with van der Waals surface area (Å²) >= 11 is 6.18. The van der Waals surface area contributed by atoms with Crippen LogP contribution in [0.2, 0.25) is 5.02 Å². The third-order valence-corrected chi connectivity index (χ3v) is 7.12. The molecule has 232 valence electrons. The largest absolute Gasteiger partial charge is 0.507 e. The molecule has 3 amide bonds. The highest BCUT2D eigenvalue weighted by molar-refractivity contribution is 6.30. The average molecular weight is 631 g/mol. The molecule has 0 aromatic heterocycles. The van der Waals surface area contributed by atoms with Crippen LogP contribution in [0, 0.1) is 17.6 Å². The van der Waals surface area contributed by atoms with Crippen LogP contribution in [0.1, 0.15) is 40.9 Å². The minimum absolute atomic E-state index is 0.0136. The van der Waals surface area contributed by atoms with Crippen molar-refractivity contribution < 1.29 is 43.0 Å². The highest BCUT2D eigenvalue weighted by Crippen LogP contribution is 2.28. The highest BCUT2D eigenvalue weighted by atomic mass is 35.5. The predicted octanol–water partition coefficient (Wildman–Crippen LogP) is 4.87. The Labute approximate surface area is 256 Å². The van der Waals surface area contributed by atoms with E-state index in [1.807, 2.05) is 0 Å². The first-order valence-electron chi connectivity index (χ1n) is 13.4. The molecule has 14 heteroatoms. The van der Waals surface area contributed by atoms with Crippen molar-refractivity contribution >= 4 is 35.3 Å². The molecule has 0 saturated carbocycles. The van der Waals surface area contributed by atoms with Crippen molar-refractivity contribution in [2.75, 3.05) is 20.2 Å². The summed E-state index contributed by atoms with van der Waals surface area (Å²) in [6, 6.07) is 9.85. The number of ether oxygens (including phenoxy) is 1. The van der Waals surface area contributed by atoms with E-state index >= 15 is 0 Å². The molecular weight excluding hydrogens is 602 g/mol. The second-order valence-electron chi connectivity index (χ2n) is 9.89. The topological polar surface area (TPSA) is 150 Å². The van der Waals surface area contributed by atoms with Crippen molar-refractivity contribution in [2.24, 2.45) is 11.1 Å². The zero-order valence-corrected chi connectivity index (χ0v) is 24.4. The standard InChI is InChI=1S/C30H29ClF2N4O7/c1-3-24(16-4-6-23(29(40)41)25(38)10-16)35-30(42)37-15-27(36-44-22-12-20(32)11-21(33)13-22)34-14-18(28(37)39)8-17-9-19(31)5-7-26(17)43-2/h4-7,9-13,18,24,38H,3,8,14-15H2,1-2H3,(H,34,36)(H,35,42)(H,40,41)/t18-,24?/m1/s1. The number of halogens is 3. The van der Waals surface area contributed by atoms with Gasteiger partial charge in [0.15, 0.2) is 11.6 Å². The van der Waals surface area contributed by atoms with Crippen LogP contribution in [0.3, 0.4) is 0 Å². The quantitative estimate of drug-likeness (QED) is 0.245. The van der Waals surface area contributed by atoms with Gasteiger partial charge in [0.05, 0.1) is 25.6 Å². The van der Waals surface area contributed by atoms with E-state index in [4.69, 9.17) is 21.2 Å². The maximum atomic E-state index is 13.8. The molecule has 0 bridgehead atoms. The Kier molecular flexibility index (Phi) is 10.2. The van der Waals surface area contributed by atoms with Crippen LogP contribution >= 0.6 is 11.6 Å². The molecule has 1 aliphatic rings. The van der Waals surface area contributed by atoms with Crippen molar-refractivity contribution in [3.63, 3.8) is 0 Å². The van der Waals surface area contributed by atoms with E-state index in [-0.39, 0.29) is 36.7 Å². The Bertz CT molecular complexity index is 1580. The van der Waals surface area contributed by atoms with Gasteiger partial charge in [-0.05, 0) is 54.3 Å². The van der Waals surface area contributed by atoms with Gasteiger partial charge in [0.25, 0.3) is 0 Å². The van der Waals surface area contributed by atoms with Gasteiger partial charge in [-0.25, -0.2) is 18.4 Å². The van der Waals surface area contributed by atoms with Crippen molar-refractivity contribution in [2.45, 2.75) is 25.8 Å². The Morgan fingerprint density at radius 2 is 1.89 bits per heavy atom. The lowest BCUT2D eigenvalue weighted by atomic mass is 9.97. The fraction of sp³-hybridized carbons (Fsp3) is 0.267. The van der Waals surface area contributed by atoms with Crippen molar-refractivity contribution in [1.29, 1.82) is 0 Å². The van der Waals surface area contributed by atoms with Gasteiger partial charge in [-0.1, -0.05) is 29.7 Å². The van der Waals surface area contributed by atoms with Gasteiger partial charge >= 0.3 is 12.0 Å². The Morgan fingerprint density at radius 1 is 1.16 bits per heavy atom. The molecule has 4 N–H and O–H groups in total. The normalized spacial score (nSPS) is 16.6. The first-order valence-corrected chi connectivity index (χ1v) is 13.8. The van der Waals surface area contributed by atoms with Crippen LogP contribution in [-0.4, -0.2) is 59.1 Å². The van der Waals surface area contributed by atoms with Crippen LogP contribution in [0.5, 0.6) is 17.2 Å². The number of oxime groups is 1. The molecule has 1 fully saturated rings. The summed E-state index contributed by atoms with van der Waals surface area (Å²) in [7, 11) is 1.47. The Morgan fingerprint density at radius 3 is 2.52 bits per heavy atom. The number of hydrogen-bond donors (Lipinski definition) is 4. The van der Waals surface area contributed by atoms with E-state index in [1.165, 1.54) is 25.3 Å². The summed E-state index contributed by atoms with van der Waals surface area (Å²) in [4.78, 5) is 44.9. The predicted molar refractivity (Wildman–Crippen MR) is 156 cm³/mol. The second kappa shape index (κ2) is 14.0. The molecule has 2 atom stereocenters. The first kappa shape index (κ1) is 32.0. The van der Waals surface area contributed by atoms with Crippen LogP contribution in [-0.2, 0) is 11.2 Å². The van der Waals surface area contributed by atoms with E-state index in [0.717, 1.165) is 17.0 Å². The molecule has 0 radical (unpaired) electrons. The molecule has 4 rings (SSSR count). The number of urea groups is 1. The van der Waals surface area contributed by atoms with E-state index in [2.05, 4.69) is 15.8 Å². The number of amidine groups is 1. The molecule has 1 saturated heterocycles. The van der Waals surface area contributed by atoms with E-state index in [1.54, 1.807) is 25.1 Å². The number of nitrogens with one attached hydrogen (secondary N) is 2. The number of aromatic hydroxyl groups is 1. The first-order chi connectivity index (χ1) is 21.0. The Hall–Kier alpha value is -4.91. The molecule has 44 heavy (non-hydrogen) atoms. The van der Waals surface area contributed by atoms with Crippen LogP contribution in [0.15, 0.2) is 59.8 Å². The fourth-order valence-corrected chi connectivity index (χ4v) is 4.88. The van der Waals surface area contributed by atoms with Crippen molar-refractivity contribution in [1.82, 2.24) is 15.5 Å². The van der Waals surface area contributed by atoms with Gasteiger partial charge in [-0.3, -0.25) is 9.69 Å². The van der Waals surface area contributed by atoms with Gasteiger partial charge in [-0.15, -0.1) is 0 Å². The van der Waals surface area contributed by atoms with Gasteiger partial charge in [-0.2, -0.15) is 0 Å². The molecule has 0 aliphatic carbocycles. The molecule has 1 aliphatic heterocycles. The summed E-state index contributed by atoms with van der Waals surface area (Å²) in [6.45, 7) is 1.39. The number of amides is 3. The number of imide groups is 1. The van der Waals surface area contributed by atoms with Crippen molar-refractivity contribution in [3.05, 3.63) is 87.9 Å². The van der Waals surface area contributed by atoms with Crippen molar-refractivity contribution in [3.8, 4) is 17.2 Å². The number of nitrogens with zero attached hydrogens (tertiary/aromatic N) is 2. The van der Waals surface area contributed by atoms with Crippen LogP contribution in [0.4, 0.5) is 13.6 Å². The number of benzene rings is 3. The number of phenols is 1. The molecular formula is C30H29ClF2N4O7. The third-order valence-electron chi connectivity index (χ3n) is 6.89. The molecule has 11 nitrogen and oxygen atoms in total. The number of aromatic carboxylic acids is 1. The lowest BCUT2D eigenvalue weighted by molar-refractivity contribution is -0.131. The summed E-state index contributed by atoms with van der Waals surface area (Å²) in [5, 5.41) is 29.4. The van der Waals surface area contributed by atoms with Gasteiger partial charge < -0.3 is 30.4 Å². The number of carboxylic acid groups (broad SMARTS) is 1. The van der Waals surface area contributed by atoms with Gasteiger partial charge in [0.1, 0.15) is 28.7 Å². The van der Waals surface area contributed by atoms with E-state index < -0.39 is 47.3 Å². The van der Waals surface area contributed by atoms with Gasteiger partial charge in [0, 0.05) is 29.8 Å². The average Bonchev–Trinajstić information content (AvgIpc) is 3.12. The number of hydrogen-bond acceptors (Lipinski definition) is 7. The van der Waals surface area contributed by atoms with Crippen LogP contribution < -0.4 is 20.2 Å². The SMILES string of the molecule is CCC(NC(=O)N1C/C(=N/Oc2cc(F)cc(F)c2)NC[C@@H](Cc2cc(Cl)ccc2OC)C1=O)c1ccc(C(=O)O)c(O)c1. The molecule has 1 unspecified atom stereocenters. The number of rotatable bonds is 9. The zero-order valence-electron chi connectivity index (χ0n) is 23.6. The highest BCUT2D eigenvalue weighted by Gasteiger charge is 2.35. The number of carbonyl (C=O) groups excluding carboxylic acids is 2. The number of carbonyl (C=O) groups is 3. The molecule has 3 aromatic rings. The fourth-order valence-electron chi connectivity index (χ4n) is 4.68. The second-order valence-corrected chi connectivity index (χ2v) is 10.3. The zero-order chi connectivity index (χ0) is 32.0. The van der Waals surface area contributed by atoms with Gasteiger partial charge in [0.2, 0.25) is 5.91 Å². The lowest BCUT2D eigenvalue weighted by Gasteiger charge is -2.26. The monoisotopic (exact) mass is 630 g/mol.